The van der Waals surface area contributed by atoms with Crippen LogP contribution in [-0.2, 0) is 11.8 Å². The molecule has 3 aromatic heterocycles. The Hall–Kier alpha value is -3.01. The van der Waals surface area contributed by atoms with Crippen molar-refractivity contribution in [1.82, 2.24) is 4.98 Å². The summed E-state index contributed by atoms with van der Waals surface area (Å²) in [5, 5.41) is 7.60. The summed E-state index contributed by atoms with van der Waals surface area (Å²) < 4.78 is 2.69. The van der Waals surface area contributed by atoms with Crippen LogP contribution in [0.2, 0.25) is 0 Å². The average Bonchev–Trinajstić information content (AvgIpc) is 3.42. The van der Waals surface area contributed by atoms with Crippen molar-refractivity contribution < 1.29 is 0 Å². The first-order valence-corrected chi connectivity index (χ1v) is 14.8. The van der Waals surface area contributed by atoms with Gasteiger partial charge in [-0.2, -0.15) is 0 Å². The van der Waals surface area contributed by atoms with Gasteiger partial charge in [0.1, 0.15) is 0 Å². The van der Waals surface area contributed by atoms with Gasteiger partial charge in [-0.1, -0.05) is 71.0 Å². The zero-order valence-corrected chi connectivity index (χ0v) is 24.1. The number of fused-ring (bicyclic) bond motifs is 3. The van der Waals surface area contributed by atoms with Gasteiger partial charge in [0.25, 0.3) is 0 Å². The molecule has 0 unspecified atom stereocenters. The van der Waals surface area contributed by atoms with E-state index in [1.807, 2.05) is 28.9 Å². The Morgan fingerprint density at radius 3 is 2.49 bits per heavy atom. The predicted octanol–water partition coefficient (Wildman–Crippen LogP) is 10.8. The van der Waals surface area contributed by atoms with Crippen molar-refractivity contribution in [1.29, 1.82) is 0 Å². The molecule has 37 heavy (non-hydrogen) atoms. The molecule has 0 bridgehead atoms. The summed E-state index contributed by atoms with van der Waals surface area (Å²) >= 11 is 3.77. The van der Waals surface area contributed by atoms with Gasteiger partial charge < -0.3 is 0 Å². The number of pyridine rings is 1. The van der Waals surface area contributed by atoms with Gasteiger partial charge in [0.15, 0.2) is 0 Å². The highest BCUT2D eigenvalue weighted by Crippen LogP contribution is 2.46. The number of nitrogens with zero attached hydrogens (tertiary/aromatic N) is 1. The van der Waals surface area contributed by atoms with Gasteiger partial charge in [-0.3, -0.25) is 4.98 Å². The Kier molecular flexibility index (Phi) is 5.97. The lowest BCUT2D eigenvalue weighted by Crippen LogP contribution is -2.12. The lowest BCUT2D eigenvalue weighted by molar-refractivity contribution is 0.596. The van der Waals surface area contributed by atoms with Gasteiger partial charge in [0, 0.05) is 47.8 Å². The van der Waals surface area contributed by atoms with E-state index in [9.17, 15) is 0 Å². The first-order valence-electron chi connectivity index (χ1n) is 13.1. The van der Waals surface area contributed by atoms with Gasteiger partial charge in [-0.15, -0.1) is 22.7 Å². The number of aromatic nitrogens is 1. The summed E-state index contributed by atoms with van der Waals surface area (Å²) in [7, 11) is 0. The maximum Gasteiger partial charge on any atom is 0.0791 e. The highest BCUT2D eigenvalue weighted by molar-refractivity contribution is 7.23. The van der Waals surface area contributed by atoms with Gasteiger partial charge in [0.2, 0.25) is 0 Å². The van der Waals surface area contributed by atoms with Crippen molar-refractivity contribution in [2.75, 3.05) is 0 Å². The summed E-state index contributed by atoms with van der Waals surface area (Å²) in [6, 6.07) is 22.7. The molecule has 0 amide bonds. The quantitative estimate of drug-likeness (QED) is 0.226. The largest absolute Gasteiger partial charge is 0.256 e. The van der Waals surface area contributed by atoms with Crippen LogP contribution in [0.5, 0.6) is 0 Å². The van der Waals surface area contributed by atoms with Crippen LogP contribution in [0.25, 0.3) is 52.6 Å². The number of rotatable bonds is 4. The van der Waals surface area contributed by atoms with E-state index in [1.54, 1.807) is 0 Å². The third kappa shape index (κ3) is 4.28. The Balaban J connectivity index is 1.54. The van der Waals surface area contributed by atoms with Crippen molar-refractivity contribution in [2.24, 2.45) is 5.92 Å². The molecule has 0 N–H and O–H groups in total. The second-order valence-corrected chi connectivity index (χ2v) is 13.6. The second kappa shape index (κ2) is 9.08. The van der Waals surface area contributed by atoms with E-state index in [0.29, 0.717) is 5.92 Å². The smallest absolute Gasteiger partial charge is 0.0791 e. The molecule has 3 heteroatoms. The first-order chi connectivity index (χ1) is 17.7. The molecule has 0 saturated carbocycles. The van der Waals surface area contributed by atoms with E-state index in [0.717, 1.165) is 12.1 Å². The number of hydrogen-bond donors (Lipinski definition) is 0. The molecule has 0 saturated heterocycles. The number of aryl methyl sites for hydroxylation is 1. The van der Waals surface area contributed by atoms with Gasteiger partial charge in [-0.05, 0) is 76.4 Å². The Morgan fingerprint density at radius 2 is 1.70 bits per heavy atom. The van der Waals surface area contributed by atoms with Crippen LogP contribution >= 0.6 is 22.7 Å². The third-order valence-electron chi connectivity index (χ3n) is 7.31. The predicted molar refractivity (Wildman–Crippen MR) is 165 cm³/mol. The van der Waals surface area contributed by atoms with Gasteiger partial charge >= 0.3 is 0 Å². The third-order valence-corrected chi connectivity index (χ3v) is 9.55. The zero-order chi connectivity index (χ0) is 25.9. The average molecular weight is 520 g/mol. The highest BCUT2D eigenvalue weighted by Gasteiger charge is 2.22. The zero-order valence-electron chi connectivity index (χ0n) is 22.5. The molecule has 3 aromatic carbocycles. The lowest BCUT2D eigenvalue weighted by atomic mass is 9.82. The monoisotopic (exact) mass is 519 g/mol. The van der Waals surface area contributed by atoms with Gasteiger partial charge in [-0.25, -0.2) is 0 Å². The van der Waals surface area contributed by atoms with Crippen LogP contribution in [0, 0.1) is 12.8 Å². The molecule has 0 aliphatic rings. The Morgan fingerprint density at radius 1 is 0.892 bits per heavy atom. The first kappa shape index (κ1) is 24.3. The summed E-state index contributed by atoms with van der Waals surface area (Å²) in [5.74, 6) is 0.668. The minimum absolute atomic E-state index is 0.0440. The standard InChI is InChI=1S/C34H33NS2/c1-20(2)15-22-11-12-26-27(19-36-30(26)16-22)33-21(3)31-29(37-33)13-14-35-32(31)24-17-23-9-7-8-10-25(23)28(18-24)34(4,5)6/h7-14,16-20H,15H2,1-6H3. The van der Waals surface area contributed by atoms with Crippen molar-refractivity contribution in [3.8, 4) is 21.7 Å². The summed E-state index contributed by atoms with van der Waals surface area (Å²) in [4.78, 5) is 6.34. The second-order valence-electron chi connectivity index (χ2n) is 11.7. The fraction of sp³-hybridized carbons (Fsp3) is 0.265. The molecule has 6 aromatic rings. The summed E-state index contributed by atoms with van der Waals surface area (Å²) in [6.07, 6.45) is 3.11. The molecular formula is C34H33NS2. The van der Waals surface area contributed by atoms with Crippen LogP contribution in [0.3, 0.4) is 0 Å². The molecule has 0 aliphatic heterocycles. The SMILES string of the molecule is Cc1c(-c2csc3cc(CC(C)C)ccc23)sc2ccnc(-c3cc(C(C)(C)C)c4ccccc4c3)c12. The molecule has 0 fully saturated rings. The molecule has 0 atom stereocenters. The number of thiophene rings is 2. The van der Waals surface area contributed by atoms with E-state index < -0.39 is 0 Å². The topological polar surface area (TPSA) is 12.9 Å². The molecule has 1 nitrogen and oxygen atoms in total. The van der Waals surface area contributed by atoms with E-state index >= 15 is 0 Å². The fourth-order valence-corrected chi connectivity index (χ4v) is 7.91. The van der Waals surface area contributed by atoms with E-state index in [2.05, 4.69) is 108 Å². The molecule has 0 aliphatic carbocycles. The molecule has 6 rings (SSSR count). The van der Waals surface area contributed by atoms with Crippen LogP contribution in [0.1, 0.15) is 51.3 Å². The van der Waals surface area contributed by atoms with Crippen LogP contribution < -0.4 is 0 Å². The molecule has 0 spiro atoms. The van der Waals surface area contributed by atoms with Crippen molar-refractivity contribution >= 4 is 53.6 Å². The molecule has 0 radical (unpaired) electrons. The minimum Gasteiger partial charge on any atom is -0.256 e. The minimum atomic E-state index is 0.0440. The highest BCUT2D eigenvalue weighted by atomic mass is 32.1. The van der Waals surface area contributed by atoms with E-state index in [4.69, 9.17) is 4.98 Å². The Labute approximate surface area is 227 Å². The van der Waals surface area contributed by atoms with Gasteiger partial charge in [0.05, 0.1) is 5.69 Å². The maximum absolute atomic E-state index is 4.97. The summed E-state index contributed by atoms with van der Waals surface area (Å²) in [6.45, 7) is 13.8. The normalized spacial score (nSPS) is 12.4. The van der Waals surface area contributed by atoms with E-state index in [-0.39, 0.29) is 5.41 Å². The van der Waals surface area contributed by atoms with E-state index in [1.165, 1.54) is 63.6 Å². The molecule has 3 heterocycles. The maximum atomic E-state index is 4.97. The Bertz CT molecular complexity index is 1780. The fourth-order valence-electron chi connectivity index (χ4n) is 5.58. The summed E-state index contributed by atoms with van der Waals surface area (Å²) in [5.41, 5.74) is 7.83. The van der Waals surface area contributed by atoms with Crippen LogP contribution in [0.15, 0.2) is 72.2 Å². The number of hydrogen-bond acceptors (Lipinski definition) is 3. The number of benzene rings is 3. The van der Waals surface area contributed by atoms with Crippen LogP contribution in [-0.4, -0.2) is 4.98 Å². The molecule has 186 valence electrons. The molecular weight excluding hydrogens is 487 g/mol. The van der Waals surface area contributed by atoms with Crippen LogP contribution in [0.4, 0.5) is 0 Å². The van der Waals surface area contributed by atoms with Crippen molar-refractivity contribution in [3.05, 3.63) is 88.9 Å². The van der Waals surface area contributed by atoms with Crippen molar-refractivity contribution in [2.45, 2.75) is 53.4 Å². The van der Waals surface area contributed by atoms with Crippen molar-refractivity contribution in [3.63, 3.8) is 0 Å². The lowest BCUT2D eigenvalue weighted by Gasteiger charge is -2.23.